The van der Waals surface area contributed by atoms with E-state index in [-0.39, 0.29) is 5.78 Å². The predicted molar refractivity (Wildman–Crippen MR) is 41.7 cm³/mol. The maximum absolute atomic E-state index is 10.7. The molecular formula is C9H12O. The smallest absolute Gasteiger partial charge is 0.155 e. The van der Waals surface area contributed by atoms with Crippen LogP contribution in [0.15, 0.2) is 24.8 Å². The first-order chi connectivity index (χ1) is 4.83. The Hall–Kier alpha value is -0.850. The second-order valence-electron chi connectivity index (χ2n) is 2.65. The average molecular weight is 136 g/mol. The van der Waals surface area contributed by atoms with E-state index in [1.54, 1.807) is 6.08 Å². The SMILES string of the molecule is C=CC[C@@H]1C=CC(=O)CC1. The normalized spacial score (nSPS) is 24.8. The van der Waals surface area contributed by atoms with Crippen LogP contribution in [0.5, 0.6) is 0 Å². The molecule has 1 heteroatoms. The van der Waals surface area contributed by atoms with E-state index in [4.69, 9.17) is 0 Å². The maximum atomic E-state index is 10.7. The van der Waals surface area contributed by atoms with E-state index in [9.17, 15) is 4.79 Å². The molecule has 1 nitrogen and oxygen atoms in total. The van der Waals surface area contributed by atoms with Gasteiger partial charge in [-0.15, -0.1) is 6.58 Å². The number of hydrogen-bond acceptors (Lipinski definition) is 1. The van der Waals surface area contributed by atoms with Gasteiger partial charge >= 0.3 is 0 Å². The van der Waals surface area contributed by atoms with Crippen molar-refractivity contribution in [1.29, 1.82) is 0 Å². The van der Waals surface area contributed by atoms with Gasteiger partial charge in [0.2, 0.25) is 0 Å². The van der Waals surface area contributed by atoms with Crippen molar-refractivity contribution >= 4 is 5.78 Å². The first-order valence-corrected chi connectivity index (χ1v) is 3.65. The van der Waals surface area contributed by atoms with Crippen LogP contribution in [0.25, 0.3) is 0 Å². The van der Waals surface area contributed by atoms with Gasteiger partial charge in [0.25, 0.3) is 0 Å². The highest BCUT2D eigenvalue weighted by Crippen LogP contribution is 2.18. The van der Waals surface area contributed by atoms with Crippen molar-refractivity contribution in [3.05, 3.63) is 24.8 Å². The molecular weight excluding hydrogens is 124 g/mol. The molecule has 1 atom stereocenters. The van der Waals surface area contributed by atoms with Gasteiger partial charge in [0.15, 0.2) is 5.78 Å². The van der Waals surface area contributed by atoms with Crippen molar-refractivity contribution in [3.8, 4) is 0 Å². The third-order valence-corrected chi connectivity index (χ3v) is 1.79. The van der Waals surface area contributed by atoms with Crippen molar-refractivity contribution in [1.82, 2.24) is 0 Å². The van der Waals surface area contributed by atoms with Gasteiger partial charge in [-0.05, 0) is 24.8 Å². The van der Waals surface area contributed by atoms with Crippen LogP contribution < -0.4 is 0 Å². The number of carbonyl (C=O) groups is 1. The van der Waals surface area contributed by atoms with Crippen LogP contribution in [0.4, 0.5) is 0 Å². The van der Waals surface area contributed by atoms with E-state index in [0.29, 0.717) is 5.92 Å². The highest BCUT2D eigenvalue weighted by atomic mass is 16.1. The first-order valence-electron chi connectivity index (χ1n) is 3.65. The predicted octanol–water partition coefficient (Wildman–Crippen LogP) is 2.10. The van der Waals surface area contributed by atoms with E-state index in [2.05, 4.69) is 6.58 Å². The summed E-state index contributed by atoms with van der Waals surface area (Å²) in [5.41, 5.74) is 0. The highest BCUT2D eigenvalue weighted by molar-refractivity contribution is 5.90. The minimum Gasteiger partial charge on any atom is -0.295 e. The van der Waals surface area contributed by atoms with Crippen molar-refractivity contribution in [2.75, 3.05) is 0 Å². The molecule has 0 fully saturated rings. The molecule has 0 aliphatic heterocycles. The largest absolute Gasteiger partial charge is 0.295 e. The summed E-state index contributed by atoms with van der Waals surface area (Å²) in [5, 5.41) is 0. The summed E-state index contributed by atoms with van der Waals surface area (Å²) in [6.07, 6.45) is 8.32. The first kappa shape index (κ1) is 7.26. The van der Waals surface area contributed by atoms with Crippen molar-refractivity contribution < 1.29 is 4.79 Å². The molecule has 10 heavy (non-hydrogen) atoms. The van der Waals surface area contributed by atoms with Gasteiger partial charge in [-0.25, -0.2) is 0 Å². The average Bonchev–Trinajstić information content (AvgIpc) is 1.95. The third kappa shape index (κ3) is 1.83. The Bertz CT molecular complexity index is 168. The molecule has 0 bridgehead atoms. The molecule has 1 rings (SSSR count). The molecule has 0 amide bonds. The van der Waals surface area contributed by atoms with Crippen LogP contribution in [0.1, 0.15) is 19.3 Å². The van der Waals surface area contributed by atoms with Gasteiger partial charge < -0.3 is 0 Å². The topological polar surface area (TPSA) is 17.1 Å². The monoisotopic (exact) mass is 136 g/mol. The van der Waals surface area contributed by atoms with Crippen LogP contribution in [0.3, 0.4) is 0 Å². The summed E-state index contributed by atoms with van der Waals surface area (Å²) in [4.78, 5) is 10.7. The number of rotatable bonds is 2. The van der Waals surface area contributed by atoms with Crippen LogP contribution in [-0.4, -0.2) is 5.78 Å². The van der Waals surface area contributed by atoms with Gasteiger partial charge in [-0.1, -0.05) is 12.2 Å². The lowest BCUT2D eigenvalue weighted by Gasteiger charge is -2.12. The van der Waals surface area contributed by atoms with E-state index in [1.807, 2.05) is 12.2 Å². The Labute approximate surface area is 61.4 Å². The van der Waals surface area contributed by atoms with Crippen LogP contribution in [0.2, 0.25) is 0 Å². The summed E-state index contributed by atoms with van der Waals surface area (Å²) < 4.78 is 0. The van der Waals surface area contributed by atoms with Crippen molar-refractivity contribution in [3.63, 3.8) is 0 Å². The molecule has 0 saturated heterocycles. The van der Waals surface area contributed by atoms with Gasteiger partial charge in [0.1, 0.15) is 0 Å². The van der Waals surface area contributed by atoms with Crippen LogP contribution >= 0.6 is 0 Å². The van der Waals surface area contributed by atoms with E-state index in [1.165, 1.54) is 0 Å². The summed E-state index contributed by atoms with van der Waals surface area (Å²) >= 11 is 0. The molecule has 54 valence electrons. The lowest BCUT2D eigenvalue weighted by molar-refractivity contribution is -0.115. The molecule has 0 aromatic heterocycles. The Balaban J connectivity index is 2.44. The number of carbonyl (C=O) groups excluding carboxylic acids is 1. The van der Waals surface area contributed by atoms with Crippen LogP contribution in [0, 0.1) is 5.92 Å². The molecule has 0 aromatic rings. The fraction of sp³-hybridized carbons (Fsp3) is 0.444. The summed E-state index contributed by atoms with van der Waals surface area (Å²) in [7, 11) is 0. The maximum Gasteiger partial charge on any atom is 0.155 e. The zero-order chi connectivity index (χ0) is 7.40. The minimum absolute atomic E-state index is 0.264. The molecule has 0 radical (unpaired) electrons. The fourth-order valence-electron chi connectivity index (χ4n) is 1.16. The second-order valence-corrected chi connectivity index (χ2v) is 2.65. The standard InChI is InChI=1S/C9H12O/c1-2-3-8-4-6-9(10)7-5-8/h2,4,6,8H,1,3,5,7H2/t8-/m1/s1. The molecule has 1 aliphatic carbocycles. The lowest BCUT2D eigenvalue weighted by Crippen LogP contribution is -2.06. The summed E-state index contributed by atoms with van der Waals surface area (Å²) in [5.74, 6) is 0.829. The Morgan fingerprint density at radius 2 is 2.60 bits per heavy atom. The lowest BCUT2D eigenvalue weighted by atomic mass is 9.93. The second kappa shape index (κ2) is 3.35. The summed E-state index contributed by atoms with van der Waals surface area (Å²) in [6, 6.07) is 0. The molecule has 0 saturated carbocycles. The molecule has 0 spiro atoms. The highest BCUT2D eigenvalue weighted by Gasteiger charge is 2.10. The number of allylic oxidation sites excluding steroid dienone is 3. The van der Waals surface area contributed by atoms with Gasteiger partial charge in [0.05, 0.1) is 0 Å². The Morgan fingerprint density at radius 3 is 3.10 bits per heavy atom. The summed E-state index contributed by atoms with van der Waals surface area (Å²) in [6.45, 7) is 3.65. The zero-order valence-corrected chi connectivity index (χ0v) is 6.05. The Morgan fingerprint density at radius 1 is 1.80 bits per heavy atom. The van der Waals surface area contributed by atoms with Crippen molar-refractivity contribution in [2.45, 2.75) is 19.3 Å². The van der Waals surface area contributed by atoms with Crippen molar-refractivity contribution in [2.24, 2.45) is 5.92 Å². The molecule has 0 heterocycles. The third-order valence-electron chi connectivity index (χ3n) is 1.79. The van der Waals surface area contributed by atoms with Gasteiger partial charge in [-0.2, -0.15) is 0 Å². The van der Waals surface area contributed by atoms with E-state index < -0.39 is 0 Å². The van der Waals surface area contributed by atoms with E-state index in [0.717, 1.165) is 19.3 Å². The quantitative estimate of drug-likeness (QED) is 0.531. The van der Waals surface area contributed by atoms with Gasteiger partial charge in [-0.3, -0.25) is 4.79 Å². The van der Waals surface area contributed by atoms with Gasteiger partial charge in [0, 0.05) is 6.42 Å². The van der Waals surface area contributed by atoms with E-state index >= 15 is 0 Å². The number of ketones is 1. The molecule has 0 aromatic carbocycles. The van der Waals surface area contributed by atoms with Crippen LogP contribution in [-0.2, 0) is 4.79 Å². The fourth-order valence-corrected chi connectivity index (χ4v) is 1.16. The zero-order valence-electron chi connectivity index (χ0n) is 6.05. The molecule has 1 aliphatic rings. The molecule has 0 N–H and O–H groups in total. The minimum atomic E-state index is 0.264. The number of hydrogen-bond donors (Lipinski definition) is 0. The Kier molecular flexibility index (Phi) is 2.43. The molecule has 0 unspecified atom stereocenters.